The minimum Gasteiger partial charge on any atom is -0.291 e. The van der Waals surface area contributed by atoms with Crippen molar-refractivity contribution < 1.29 is 4.79 Å². The first-order chi connectivity index (χ1) is 6.41. The smallest absolute Gasteiger partial charge is 0.198 e. The SMILES string of the molecule is CC/C=C/CCCCCCC[C]=O. The first-order valence-corrected chi connectivity index (χ1v) is 5.41. The Balaban J connectivity index is 2.91. The van der Waals surface area contributed by atoms with Crippen molar-refractivity contribution in [2.24, 2.45) is 0 Å². The second-order valence-electron chi connectivity index (χ2n) is 3.33. The van der Waals surface area contributed by atoms with Crippen LogP contribution in [0.5, 0.6) is 0 Å². The summed E-state index contributed by atoms with van der Waals surface area (Å²) in [6.45, 7) is 2.16. The standard InChI is InChI=1S/C12H21O/c1-2-3-4-5-6-7-8-9-10-11-12-13/h3-4H,2,5-11H2,1H3/b4-3+. The monoisotopic (exact) mass is 181 g/mol. The van der Waals surface area contributed by atoms with Gasteiger partial charge in [-0.3, -0.25) is 4.79 Å². The lowest BCUT2D eigenvalue weighted by molar-refractivity contribution is 0.542. The molecule has 0 spiro atoms. The lowest BCUT2D eigenvalue weighted by Gasteiger charge is -1.96. The van der Waals surface area contributed by atoms with Crippen molar-refractivity contribution >= 4 is 6.29 Å². The highest BCUT2D eigenvalue weighted by Crippen LogP contribution is 2.06. The fourth-order valence-electron chi connectivity index (χ4n) is 1.27. The van der Waals surface area contributed by atoms with E-state index in [1.807, 2.05) is 6.29 Å². The molecule has 0 aliphatic carbocycles. The summed E-state index contributed by atoms with van der Waals surface area (Å²) < 4.78 is 0. The molecule has 0 bridgehead atoms. The third-order valence-corrected chi connectivity index (χ3v) is 2.05. The fourth-order valence-corrected chi connectivity index (χ4v) is 1.27. The molecule has 75 valence electrons. The van der Waals surface area contributed by atoms with Crippen LogP contribution in [0.4, 0.5) is 0 Å². The fraction of sp³-hybridized carbons (Fsp3) is 0.750. The van der Waals surface area contributed by atoms with Crippen LogP contribution in [0.1, 0.15) is 58.3 Å². The van der Waals surface area contributed by atoms with Crippen LogP contribution in [0, 0.1) is 0 Å². The Morgan fingerprint density at radius 2 is 1.69 bits per heavy atom. The van der Waals surface area contributed by atoms with Crippen molar-refractivity contribution in [1.29, 1.82) is 0 Å². The highest BCUT2D eigenvalue weighted by molar-refractivity contribution is 5.50. The maximum Gasteiger partial charge on any atom is 0.198 e. The van der Waals surface area contributed by atoms with Gasteiger partial charge in [0.2, 0.25) is 0 Å². The zero-order valence-corrected chi connectivity index (χ0v) is 8.72. The molecule has 0 aliphatic heterocycles. The van der Waals surface area contributed by atoms with E-state index >= 15 is 0 Å². The number of allylic oxidation sites excluding steroid dienone is 2. The molecule has 0 atom stereocenters. The van der Waals surface area contributed by atoms with Crippen LogP contribution < -0.4 is 0 Å². The molecule has 0 unspecified atom stereocenters. The van der Waals surface area contributed by atoms with Crippen LogP contribution in [0.25, 0.3) is 0 Å². The summed E-state index contributed by atoms with van der Waals surface area (Å²) >= 11 is 0. The molecule has 1 nitrogen and oxygen atoms in total. The summed E-state index contributed by atoms with van der Waals surface area (Å²) in [5, 5.41) is 0. The quantitative estimate of drug-likeness (QED) is 0.390. The van der Waals surface area contributed by atoms with E-state index in [-0.39, 0.29) is 0 Å². The Hall–Kier alpha value is -0.590. The van der Waals surface area contributed by atoms with Crippen LogP contribution in [-0.2, 0) is 4.79 Å². The molecule has 0 aromatic rings. The molecule has 0 N–H and O–H groups in total. The van der Waals surface area contributed by atoms with Gasteiger partial charge in [0.15, 0.2) is 6.29 Å². The number of unbranched alkanes of at least 4 members (excludes halogenated alkanes) is 6. The molecule has 0 fully saturated rings. The van der Waals surface area contributed by atoms with Gasteiger partial charge in [-0.25, -0.2) is 0 Å². The normalized spacial score (nSPS) is 10.8. The molecule has 0 saturated carbocycles. The molecule has 0 heterocycles. The maximum atomic E-state index is 9.88. The summed E-state index contributed by atoms with van der Waals surface area (Å²) in [5.74, 6) is 0. The zero-order chi connectivity index (χ0) is 9.78. The lowest BCUT2D eigenvalue weighted by Crippen LogP contribution is -1.79. The Labute approximate surface area is 82.2 Å². The van der Waals surface area contributed by atoms with E-state index in [0.717, 1.165) is 12.8 Å². The third kappa shape index (κ3) is 11.4. The predicted molar refractivity (Wildman–Crippen MR) is 57.4 cm³/mol. The number of rotatable bonds is 9. The molecule has 13 heavy (non-hydrogen) atoms. The van der Waals surface area contributed by atoms with E-state index < -0.39 is 0 Å². The summed E-state index contributed by atoms with van der Waals surface area (Å²) in [6, 6.07) is 0. The van der Waals surface area contributed by atoms with Crippen molar-refractivity contribution in [3.63, 3.8) is 0 Å². The molecule has 1 radical (unpaired) electrons. The van der Waals surface area contributed by atoms with Crippen molar-refractivity contribution in [2.75, 3.05) is 0 Å². The van der Waals surface area contributed by atoms with Gasteiger partial charge in [0.05, 0.1) is 0 Å². The van der Waals surface area contributed by atoms with E-state index in [0.29, 0.717) is 6.42 Å². The van der Waals surface area contributed by atoms with Crippen LogP contribution in [0.2, 0.25) is 0 Å². The average Bonchev–Trinajstić information content (AvgIpc) is 2.16. The Bertz CT molecular complexity index is 127. The van der Waals surface area contributed by atoms with Crippen molar-refractivity contribution in [1.82, 2.24) is 0 Å². The highest BCUT2D eigenvalue weighted by atomic mass is 16.1. The number of hydrogen-bond acceptors (Lipinski definition) is 1. The van der Waals surface area contributed by atoms with E-state index in [4.69, 9.17) is 0 Å². The van der Waals surface area contributed by atoms with Crippen molar-refractivity contribution in [3.05, 3.63) is 12.2 Å². The van der Waals surface area contributed by atoms with Gasteiger partial charge in [-0.2, -0.15) is 0 Å². The van der Waals surface area contributed by atoms with Crippen molar-refractivity contribution in [2.45, 2.75) is 58.3 Å². The summed E-state index contributed by atoms with van der Waals surface area (Å²) in [7, 11) is 0. The van der Waals surface area contributed by atoms with E-state index in [1.165, 1.54) is 32.1 Å². The minimum atomic E-state index is 0.621. The van der Waals surface area contributed by atoms with Gasteiger partial charge in [0.25, 0.3) is 0 Å². The van der Waals surface area contributed by atoms with Gasteiger partial charge in [0, 0.05) is 6.42 Å². The molecular formula is C12H21O. The average molecular weight is 181 g/mol. The van der Waals surface area contributed by atoms with Gasteiger partial charge in [-0.05, 0) is 25.7 Å². The first-order valence-electron chi connectivity index (χ1n) is 5.41. The predicted octanol–water partition coefficient (Wildman–Crippen LogP) is 3.79. The van der Waals surface area contributed by atoms with Crippen LogP contribution >= 0.6 is 0 Å². The second-order valence-corrected chi connectivity index (χ2v) is 3.33. The lowest BCUT2D eigenvalue weighted by atomic mass is 10.1. The second kappa shape index (κ2) is 11.4. The van der Waals surface area contributed by atoms with Crippen LogP contribution in [-0.4, -0.2) is 6.29 Å². The molecule has 0 aliphatic rings. The Morgan fingerprint density at radius 1 is 1.00 bits per heavy atom. The first kappa shape index (κ1) is 12.4. The minimum absolute atomic E-state index is 0.621. The topological polar surface area (TPSA) is 17.1 Å². The summed E-state index contributed by atoms with van der Waals surface area (Å²) in [5.41, 5.74) is 0. The molecule has 0 aromatic carbocycles. The largest absolute Gasteiger partial charge is 0.291 e. The van der Waals surface area contributed by atoms with Crippen LogP contribution in [0.3, 0.4) is 0 Å². The van der Waals surface area contributed by atoms with E-state index in [1.54, 1.807) is 0 Å². The molecule has 0 rings (SSSR count). The van der Waals surface area contributed by atoms with E-state index in [2.05, 4.69) is 19.1 Å². The Kier molecular flexibility index (Phi) is 10.9. The Morgan fingerprint density at radius 3 is 2.38 bits per heavy atom. The summed E-state index contributed by atoms with van der Waals surface area (Å²) in [6.07, 6.45) is 15.5. The molecule has 1 heteroatoms. The van der Waals surface area contributed by atoms with Crippen LogP contribution in [0.15, 0.2) is 12.2 Å². The van der Waals surface area contributed by atoms with Gasteiger partial charge >= 0.3 is 0 Å². The van der Waals surface area contributed by atoms with E-state index in [9.17, 15) is 4.79 Å². The highest BCUT2D eigenvalue weighted by Gasteiger charge is 1.89. The molecule has 0 saturated heterocycles. The number of hydrogen-bond donors (Lipinski definition) is 0. The molecule has 0 amide bonds. The molecule has 0 aromatic heterocycles. The maximum absolute atomic E-state index is 9.88. The van der Waals surface area contributed by atoms with Gasteiger partial charge in [-0.1, -0.05) is 38.3 Å². The zero-order valence-electron chi connectivity index (χ0n) is 8.72. The molecular weight excluding hydrogens is 160 g/mol. The third-order valence-electron chi connectivity index (χ3n) is 2.05. The summed E-state index contributed by atoms with van der Waals surface area (Å²) in [4.78, 5) is 9.88. The van der Waals surface area contributed by atoms with Gasteiger partial charge in [0.1, 0.15) is 0 Å². The number of carbonyl (C=O) groups excluding carboxylic acids is 1. The van der Waals surface area contributed by atoms with Crippen molar-refractivity contribution in [3.8, 4) is 0 Å². The van der Waals surface area contributed by atoms with Gasteiger partial charge in [-0.15, -0.1) is 0 Å². The van der Waals surface area contributed by atoms with Gasteiger partial charge < -0.3 is 0 Å².